The third-order valence-corrected chi connectivity index (χ3v) is 3.11. The van der Waals surface area contributed by atoms with E-state index in [1.165, 1.54) is 5.56 Å². The van der Waals surface area contributed by atoms with E-state index < -0.39 is 0 Å². The molecule has 4 nitrogen and oxygen atoms in total. The summed E-state index contributed by atoms with van der Waals surface area (Å²) in [4.78, 5) is 0. The van der Waals surface area contributed by atoms with Crippen LogP contribution in [0.25, 0.3) is 0 Å². The first kappa shape index (κ1) is 13.5. The Hall–Kier alpha value is -1.88. The SMILES string of the molecule is C[C@@H](NC(=S)NCc1ccn(C)n1)c1ccccc1. The summed E-state index contributed by atoms with van der Waals surface area (Å²) in [5.74, 6) is 0. The van der Waals surface area contributed by atoms with E-state index in [1.54, 1.807) is 4.68 Å². The molecule has 1 atom stereocenters. The van der Waals surface area contributed by atoms with Crippen molar-refractivity contribution in [3.63, 3.8) is 0 Å². The highest BCUT2D eigenvalue weighted by molar-refractivity contribution is 7.80. The smallest absolute Gasteiger partial charge is 0.167 e. The number of aromatic nitrogens is 2. The Balaban J connectivity index is 1.81. The first-order valence-electron chi connectivity index (χ1n) is 6.23. The Morgan fingerprint density at radius 1 is 1.32 bits per heavy atom. The lowest BCUT2D eigenvalue weighted by atomic mass is 10.1. The minimum Gasteiger partial charge on any atom is -0.357 e. The van der Waals surface area contributed by atoms with Gasteiger partial charge in [0.1, 0.15) is 0 Å². The van der Waals surface area contributed by atoms with E-state index in [-0.39, 0.29) is 6.04 Å². The third kappa shape index (κ3) is 4.06. The van der Waals surface area contributed by atoms with E-state index in [2.05, 4.69) is 34.8 Å². The largest absolute Gasteiger partial charge is 0.357 e. The number of hydrogen-bond acceptors (Lipinski definition) is 2. The molecule has 0 spiro atoms. The number of benzene rings is 1. The Morgan fingerprint density at radius 3 is 2.68 bits per heavy atom. The van der Waals surface area contributed by atoms with Gasteiger partial charge in [-0.1, -0.05) is 30.3 Å². The van der Waals surface area contributed by atoms with Crippen LogP contribution < -0.4 is 10.6 Å². The monoisotopic (exact) mass is 274 g/mol. The first-order valence-corrected chi connectivity index (χ1v) is 6.64. The molecule has 100 valence electrons. The number of hydrogen-bond donors (Lipinski definition) is 2. The summed E-state index contributed by atoms with van der Waals surface area (Å²) in [5, 5.41) is 11.3. The maximum Gasteiger partial charge on any atom is 0.167 e. The summed E-state index contributed by atoms with van der Waals surface area (Å²) in [5.41, 5.74) is 2.18. The fourth-order valence-corrected chi connectivity index (χ4v) is 2.05. The van der Waals surface area contributed by atoms with Crippen LogP contribution in [-0.2, 0) is 13.6 Å². The Labute approximate surface area is 118 Å². The summed E-state index contributed by atoms with van der Waals surface area (Å²) in [6, 6.07) is 12.4. The average molecular weight is 274 g/mol. The highest BCUT2D eigenvalue weighted by Crippen LogP contribution is 2.10. The van der Waals surface area contributed by atoms with Crippen LogP contribution in [-0.4, -0.2) is 14.9 Å². The second-order valence-corrected chi connectivity index (χ2v) is 4.85. The number of nitrogens with one attached hydrogen (secondary N) is 2. The number of aryl methyl sites for hydroxylation is 1. The van der Waals surface area contributed by atoms with Crippen molar-refractivity contribution in [1.82, 2.24) is 20.4 Å². The van der Waals surface area contributed by atoms with Gasteiger partial charge in [-0.15, -0.1) is 0 Å². The van der Waals surface area contributed by atoms with Crippen LogP contribution in [0.4, 0.5) is 0 Å². The van der Waals surface area contributed by atoms with Crippen LogP contribution in [0.2, 0.25) is 0 Å². The molecule has 0 radical (unpaired) electrons. The number of nitrogens with zero attached hydrogens (tertiary/aromatic N) is 2. The Morgan fingerprint density at radius 2 is 2.05 bits per heavy atom. The molecule has 0 amide bonds. The molecule has 2 N–H and O–H groups in total. The van der Waals surface area contributed by atoms with Crippen LogP contribution >= 0.6 is 12.2 Å². The van der Waals surface area contributed by atoms with Crippen LogP contribution in [0.1, 0.15) is 24.2 Å². The van der Waals surface area contributed by atoms with Crippen molar-refractivity contribution in [2.24, 2.45) is 7.05 Å². The average Bonchev–Trinajstić information content (AvgIpc) is 2.83. The molecule has 0 bridgehead atoms. The molecule has 1 aromatic heterocycles. The summed E-state index contributed by atoms with van der Waals surface area (Å²) in [7, 11) is 1.90. The van der Waals surface area contributed by atoms with Crippen molar-refractivity contribution in [3.8, 4) is 0 Å². The molecular formula is C14H18N4S. The van der Waals surface area contributed by atoms with Crippen molar-refractivity contribution < 1.29 is 0 Å². The number of thiocarbonyl (C=S) groups is 1. The van der Waals surface area contributed by atoms with Gasteiger partial charge in [-0.2, -0.15) is 5.10 Å². The lowest BCUT2D eigenvalue weighted by molar-refractivity contribution is 0.687. The molecule has 0 saturated carbocycles. The molecule has 0 aliphatic carbocycles. The molecule has 19 heavy (non-hydrogen) atoms. The van der Waals surface area contributed by atoms with E-state index in [1.807, 2.05) is 37.5 Å². The lowest BCUT2D eigenvalue weighted by Gasteiger charge is -2.16. The molecule has 0 fully saturated rings. The quantitative estimate of drug-likeness (QED) is 0.838. The third-order valence-electron chi connectivity index (χ3n) is 2.85. The molecule has 0 aliphatic heterocycles. The predicted octanol–water partition coefficient (Wildman–Crippen LogP) is 2.15. The van der Waals surface area contributed by atoms with E-state index >= 15 is 0 Å². The van der Waals surface area contributed by atoms with Gasteiger partial charge in [0.2, 0.25) is 0 Å². The van der Waals surface area contributed by atoms with Gasteiger partial charge in [0.15, 0.2) is 5.11 Å². The Bertz CT molecular complexity index is 535. The maximum atomic E-state index is 5.28. The molecule has 0 unspecified atom stereocenters. The van der Waals surface area contributed by atoms with Gasteiger partial charge in [0.05, 0.1) is 18.3 Å². The summed E-state index contributed by atoms with van der Waals surface area (Å²) < 4.78 is 1.78. The van der Waals surface area contributed by atoms with Crippen LogP contribution in [0.3, 0.4) is 0 Å². The van der Waals surface area contributed by atoms with Crippen LogP contribution in [0, 0.1) is 0 Å². The normalized spacial score (nSPS) is 11.9. The van der Waals surface area contributed by atoms with Gasteiger partial charge in [0, 0.05) is 13.2 Å². The molecule has 2 rings (SSSR count). The minimum absolute atomic E-state index is 0.185. The number of rotatable bonds is 4. The van der Waals surface area contributed by atoms with Crippen molar-refractivity contribution in [3.05, 3.63) is 53.9 Å². The maximum absolute atomic E-state index is 5.28. The molecule has 1 heterocycles. The first-order chi connectivity index (χ1) is 9.15. The molecule has 2 aromatic rings. The van der Waals surface area contributed by atoms with E-state index in [0.717, 1.165) is 5.69 Å². The second-order valence-electron chi connectivity index (χ2n) is 4.44. The zero-order valence-corrected chi connectivity index (χ0v) is 11.9. The fraction of sp³-hybridized carbons (Fsp3) is 0.286. The Kier molecular flexibility index (Phi) is 4.52. The van der Waals surface area contributed by atoms with Crippen molar-refractivity contribution in [1.29, 1.82) is 0 Å². The topological polar surface area (TPSA) is 41.9 Å². The predicted molar refractivity (Wildman–Crippen MR) is 80.6 cm³/mol. The van der Waals surface area contributed by atoms with Gasteiger partial charge in [-0.25, -0.2) is 0 Å². The van der Waals surface area contributed by atoms with Gasteiger partial charge in [-0.3, -0.25) is 4.68 Å². The molecular weight excluding hydrogens is 256 g/mol. The standard InChI is InChI=1S/C14H18N4S/c1-11(12-6-4-3-5-7-12)16-14(19)15-10-13-8-9-18(2)17-13/h3-9,11H,10H2,1-2H3,(H2,15,16,19)/t11-/m1/s1. The summed E-state index contributed by atoms with van der Waals surface area (Å²) in [6.45, 7) is 2.72. The van der Waals surface area contributed by atoms with Gasteiger partial charge in [0.25, 0.3) is 0 Å². The zero-order valence-electron chi connectivity index (χ0n) is 11.1. The van der Waals surface area contributed by atoms with E-state index in [4.69, 9.17) is 12.2 Å². The molecule has 0 aliphatic rings. The molecule has 5 heteroatoms. The minimum atomic E-state index is 0.185. The zero-order chi connectivity index (χ0) is 13.7. The van der Waals surface area contributed by atoms with Crippen molar-refractivity contribution in [2.45, 2.75) is 19.5 Å². The lowest BCUT2D eigenvalue weighted by Crippen LogP contribution is -2.36. The van der Waals surface area contributed by atoms with Gasteiger partial charge >= 0.3 is 0 Å². The molecule has 0 saturated heterocycles. The van der Waals surface area contributed by atoms with E-state index in [9.17, 15) is 0 Å². The van der Waals surface area contributed by atoms with E-state index in [0.29, 0.717) is 11.7 Å². The highest BCUT2D eigenvalue weighted by atomic mass is 32.1. The highest BCUT2D eigenvalue weighted by Gasteiger charge is 2.06. The van der Waals surface area contributed by atoms with Gasteiger partial charge < -0.3 is 10.6 Å². The second kappa shape index (κ2) is 6.33. The fourth-order valence-electron chi connectivity index (χ4n) is 1.80. The summed E-state index contributed by atoms with van der Waals surface area (Å²) in [6.07, 6.45) is 1.92. The molecule has 1 aromatic carbocycles. The van der Waals surface area contributed by atoms with Gasteiger partial charge in [-0.05, 0) is 30.8 Å². The van der Waals surface area contributed by atoms with Crippen LogP contribution in [0.5, 0.6) is 0 Å². The van der Waals surface area contributed by atoms with Crippen molar-refractivity contribution >= 4 is 17.3 Å². The summed E-state index contributed by atoms with van der Waals surface area (Å²) >= 11 is 5.28. The van der Waals surface area contributed by atoms with Crippen molar-refractivity contribution in [2.75, 3.05) is 0 Å². The van der Waals surface area contributed by atoms with Crippen LogP contribution in [0.15, 0.2) is 42.6 Å².